The number of hydrogen-bond donors (Lipinski definition) is 3. The number of likely N-dealkylation sites (tertiary alicyclic amines) is 1. The van der Waals surface area contributed by atoms with Gasteiger partial charge in [-0.15, -0.1) is 0 Å². The van der Waals surface area contributed by atoms with Gasteiger partial charge in [-0.25, -0.2) is 0 Å². The second-order valence-corrected chi connectivity index (χ2v) is 7.13. The smallest absolute Gasteiger partial charge is 0.191 e. The summed E-state index contributed by atoms with van der Waals surface area (Å²) in [5.74, 6) is 1.24. The molecule has 0 aromatic rings. The minimum absolute atomic E-state index is 0.160. The lowest BCUT2D eigenvalue weighted by Gasteiger charge is -2.33. The van der Waals surface area contributed by atoms with E-state index in [0.717, 1.165) is 70.8 Å². The Hall–Kier alpha value is -1.07. The lowest BCUT2D eigenvalue weighted by molar-refractivity contribution is 0.136. The van der Waals surface area contributed by atoms with Crippen LogP contribution in [0.5, 0.6) is 0 Å². The van der Waals surface area contributed by atoms with Gasteiger partial charge in [0, 0.05) is 44.7 Å². The highest BCUT2D eigenvalue weighted by molar-refractivity contribution is 5.80. The molecule has 3 N–H and O–H groups in total. The molecule has 5 heteroatoms. The van der Waals surface area contributed by atoms with Crippen LogP contribution < -0.4 is 10.6 Å². The number of aliphatic imine (C=N–C) groups is 1. The Morgan fingerprint density at radius 2 is 2.00 bits per heavy atom. The van der Waals surface area contributed by atoms with Crippen molar-refractivity contribution in [2.75, 3.05) is 32.7 Å². The number of hydrogen-bond acceptors (Lipinski definition) is 3. The first kappa shape index (κ1) is 18.3. The van der Waals surface area contributed by atoms with E-state index in [1.807, 2.05) is 0 Å². The zero-order chi connectivity index (χ0) is 16.7. The van der Waals surface area contributed by atoms with Gasteiger partial charge in [0.05, 0.1) is 6.10 Å². The second kappa shape index (κ2) is 9.28. The zero-order valence-electron chi connectivity index (χ0n) is 14.9. The largest absolute Gasteiger partial charge is 0.393 e. The van der Waals surface area contributed by atoms with E-state index in [4.69, 9.17) is 4.99 Å². The van der Waals surface area contributed by atoms with Crippen molar-refractivity contribution in [3.05, 3.63) is 12.2 Å². The number of guanidine groups is 1. The maximum absolute atomic E-state index is 9.93. The Balaban J connectivity index is 1.79. The molecule has 1 saturated heterocycles. The van der Waals surface area contributed by atoms with Crippen LogP contribution in [0.15, 0.2) is 17.1 Å². The standard InChI is InChI=1S/C18H34N4O/c1-4-19-18(20-12-15-6-5-7-17(15)23)21-16-8-10-22(11-9-16)13-14(2)3/h15-17,23H,2,4-13H2,1,3H3,(H2,19,20,21). The average molecular weight is 322 g/mol. The van der Waals surface area contributed by atoms with Gasteiger partial charge in [0.15, 0.2) is 5.96 Å². The highest BCUT2D eigenvalue weighted by Crippen LogP contribution is 2.25. The Kier molecular flexibility index (Phi) is 7.37. The number of piperidine rings is 1. The summed E-state index contributed by atoms with van der Waals surface area (Å²) in [5.41, 5.74) is 1.24. The molecule has 0 radical (unpaired) electrons. The first-order valence-corrected chi connectivity index (χ1v) is 9.18. The third kappa shape index (κ3) is 6.15. The normalized spacial score (nSPS) is 27.2. The fraction of sp³-hybridized carbons (Fsp3) is 0.833. The molecule has 2 aliphatic rings. The van der Waals surface area contributed by atoms with Gasteiger partial charge in [0.25, 0.3) is 0 Å². The van der Waals surface area contributed by atoms with Crippen LogP contribution >= 0.6 is 0 Å². The number of nitrogens with zero attached hydrogens (tertiary/aromatic N) is 2. The van der Waals surface area contributed by atoms with E-state index < -0.39 is 0 Å². The summed E-state index contributed by atoms with van der Waals surface area (Å²) in [6.45, 7) is 13.0. The van der Waals surface area contributed by atoms with E-state index in [1.54, 1.807) is 0 Å². The van der Waals surface area contributed by atoms with Crippen molar-refractivity contribution < 1.29 is 5.11 Å². The summed E-state index contributed by atoms with van der Waals surface area (Å²) in [5, 5.41) is 16.9. The fourth-order valence-corrected chi connectivity index (χ4v) is 3.57. The summed E-state index contributed by atoms with van der Waals surface area (Å²) in [6, 6.07) is 0.489. The molecule has 23 heavy (non-hydrogen) atoms. The number of aliphatic hydroxyl groups excluding tert-OH is 1. The third-order valence-electron chi connectivity index (χ3n) is 4.87. The second-order valence-electron chi connectivity index (χ2n) is 7.13. The Labute approximate surface area is 141 Å². The van der Waals surface area contributed by atoms with Gasteiger partial charge >= 0.3 is 0 Å². The maximum atomic E-state index is 9.93. The van der Waals surface area contributed by atoms with E-state index in [0.29, 0.717) is 12.0 Å². The summed E-state index contributed by atoms with van der Waals surface area (Å²) < 4.78 is 0. The summed E-state index contributed by atoms with van der Waals surface area (Å²) in [4.78, 5) is 7.19. The molecule has 1 aliphatic heterocycles. The molecule has 0 spiro atoms. The van der Waals surface area contributed by atoms with Gasteiger partial charge in [0.1, 0.15) is 0 Å². The van der Waals surface area contributed by atoms with Crippen LogP contribution in [0.4, 0.5) is 0 Å². The van der Waals surface area contributed by atoms with Crippen molar-refractivity contribution >= 4 is 5.96 Å². The highest BCUT2D eigenvalue weighted by Gasteiger charge is 2.25. The molecule has 2 rings (SSSR count). The summed E-state index contributed by atoms with van der Waals surface area (Å²) in [7, 11) is 0. The van der Waals surface area contributed by atoms with Crippen LogP contribution in [-0.2, 0) is 0 Å². The van der Waals surface area contributed by atoms with Crippen molar-refractivity contribution in [1.29, 1.82) is 0 Å². The maximum Gasteiger partial charge on any atom is 0.191 e. The van der Waals surface area contributed by atoms with E-state index in [-0.39, 0.29) is 6.10 Å². The van der Waals surface area contributed by atoms with Crippen LogP contribution in [-0.4, -0.2) is 60.8 Å². The monoisotopic (exact) mass is 322 g/mol. The molecule has 1 heterocycles. The van der Waals surface area contributed by atoms with Gasteiger partial charge < -0.3 is 15.7 Å². The van der Waals surface area contributed by atoms with E-state index >= 15 is 0 Å². The fourth-order valence-electron chi connectivity index (χ4n) is 3.57. The summed E-state index contributed by atoms with van der Waals surface area (Å²) >= 11 is 0. The average Bonchev–Trinajstić information content (AvgIpc) is 2.92. The van der Waals surface area contributed by atoms with E-state index in [1.165, 1.54) is 5.57 Å². The predicted octanol–water partition coefficient (Wildman–Crippen LogP) is 1.74. The number of nitrogens with one attached hydrogen (secondary N) is 2. The summed E-state index contributed by atoms with van der Waals surface area (Å²) in [6.07, 6.45) is 5.29. The van der Waals surface area contributed by atoms with E-state index in [2.05, 4.69) is 36.0 Å². The molecule has 0 amide bonds. The Morgan fingerprint density at radius 1 is 1.26 bits per heavy atom. The van der Waals surface area contributed by atoms with Crippen molar-refractivity contribution in [3.63, 3.8) is 0 Å². The van der Waals surface area contributed by atoms with Crippen molar-refractivity contribution in [1.82, 2.24) is 15.5 Å². The van der Waals surface area contributed by atoms with Crippen LogP contribution in [0.1, 0.15) is 46.0 Å². The molecule has 0 bridgehead atoms. The molecular formula is C18H34N4O. The third-order valence-corrected chi connectivity index (χ3v) is 4.87. The quantitative estimate of drug-likeness (QED) is 0.396. The SMILES string of the molecule is C=C(C)CN1CCC(NC(=NCC2CCCC2O)NCC)CC1. The van der Waals surface area contributed by atoms with Crippen LogP contribution in [0, 0.1) is 5.92 Å². The zero-order valence-corrected chi connectivity index (χ0v) is 14.9. The molecule has 0 aromatic heterocycles. The molecule has 132 valence electrons. The molecule has 5 nitrogen and oxygen atoms in total. The number of aliphatic hydroxyl groups is 1. The van der Waals surface area contributed by atoms with E-state index in [9.17, 15) is 5.11 Å². The molecule has 1 saturated carbocycles. The molecule has 2 unspecified atom stereocenters. The molecule has 2 atom stereocenters. The van der Waals surface area contributed by atoms with Crippen molar-refractivity contribution in [2.24, 2.45) is 10.9 Å². The minimum atomic E-state index is -0.160. The minimum Gasteiger partial charge on any atom is -0.393 e. The topological polar surface area (TPSA) is 59.9 Å². The molecule has 2 fully saturated rings. The first-order valence-electron chi connectivity index (χ1n) is 9.18. The lowest BCUT2D eigenvalue weighted by Crippen LogP contribution is -2.49. The van der Waals surface area contributed by atoms with Gasteiger partial charge in [-0.1, -0.05) is 18.6 Å². The molecule has 0 aromatic carbocycles. The van der Waals surface area contributed by atoms with Crippen LogP contribution in [0.25, 0.3) is 0 Å². The van der Waals surface area contributed by atoms with Gasteiger partial charge in [-0.05, 0) is 39.5 Å². The van der Waals surface area contributed by atoms with Gasteiger partial charge in [0.2, 0.25) is 0 Å². The van der Waals surface area contributed by atoms with Crippen LogP contribution in [0.2, 0.25) is 0 Å². The van der Waals surface area contributed by atoms with Gasteiger partial charge in [-0.2, -0.15) is 0 Å². The molecular weight excluding hydrogens is 288 g/mol. The Bertz CT molecular complexity index is 402. The molecule has 1 aliphatic carbocycles. The Morgan fingerprint density at radius 3 is 2.57 bits per heavy atom. The highest BCUT2D eigenvalue weighted by atomic mass is 16.3. The first-order chi connectivity index (χ1) is 11.1. The lowest BCUT2D eigenvalue weighted by atomic mass is 10.0. The van der Waals surface area contributed by atoms with Gasteiger partial charge in [-0.3, -0.25) is 9.89 Å². The van der Waals surface area contributed by atoms with Crippen molar-refractivity contribution in [2.45, 2.75) is 58.1 Å². The predicted molar refractivity (Wildman–Crippen MR) is 96.7 cm³/mol. The van der Waals surface area contributed by atoms with Crippen molar-refractivity contribution in [3.8, 4) is 0 Å². The van der Waals surface area contributed by atoms with Crippen LogP contribution in [0.3, 0.4) is 0 Å². The number of rotatable bonds is 6.